The molecule has 3 rings (SSSR count). The van der Waals surface area contributed by atoms with E-state index in [2.05, 4.69) is 0 Å². The van der Waals surface area contributed by atoms with Crippen LogP contribution in [-0.4, -0.2) is 38.6 Å². The molecule has 0 N–H and O–H groups in total. The van der Waals surface area contributed by atoms with Crippen molar-refractivity contribution in [3.63, 3.8) is 0 Å². The van der Waals surface area contributed by atoms with Gasteiger partial charge in [0, 0.05) is 13.1 Å². The molecule has 1 amide bonds. The minimum atomic E-state index is -3.72. The van der Waals surface area contributed by atoms with Gasteiger partial charge in [-0.15, -0.1) is 0 Å². The van der Waals surface area contributed by atoms with Crippen LogP contribution in [0.4, 0.5) is 5.69 Å². The highest BCUT2D eigenvalue weighted by Crippen LogP contribution is 2.25. The predicted molar refractivity (Wildman–Crippen MR) is 127 cm³/mol. The van der Waals surface area contributed by atoms with Crippen LogP contribution in [0.25, 0.3) is 0 Å². The number of benzene rings is 3. The summed E-state index contributed by atoms with van der Waals surface area (Å²) in [4.78, 5) is 15.3. The Labute approximate surface area is 190 Å². The molecule has 32 heavy (non-hydrogen) atoms. The third-order valence-corrected chi connectivity index (χ3v) is 6.38. The molecule has 0 aliphatic heterocycles. The zero-order chi connectivity index (χ0) is 23.1. The first-order chi connectivity index (χ1) is 15.3. The number of methoxy groups -OCH3 is 1. The number of carbonyl (C=O) groups excluding carboxylic acids is 1. The van der Waals surface area contributed by atoms with Gasteiger partial charge in [-0.3, -0.25) is 9.10 Å². The highest BCUT2D eigenvalue weighted by atomic mass is 32.2. The molecule has 0 saturated heterocycles. The number of carbonyl (C=O) groups is 1. The summed E-state index contributed by atoms with van der Waals surface area (Å²) < 4.78 is 31.7. The smallest absolute Gasteiger partial charge is 0.246 e. The van der Waals surface area contributed by atoms with Gasteiger partial charge < -0.3 is 9.64 Å². The van der Waals surface area contributed by atoms with Gasteiger partial charge in [-0.1, -0.05) is 60.7 Å². The van der Waals surface area contributed by atoms with Gasteiger partial charge in [-0.25, -0.2) is 8.42 Å². The number of hydrogen-bond acceptors (Lipinski definition) is 4. The topological polar surface area (TPSA) is 66.9 Å². The Kier molecular flexibility index (Phi) is 7.53. The number of anilines is 1. The second-order valence-corrected chi connectivity index (χ2v) is 9.46. The molecule has 0 radical (unpaired) electrons. The summed E-state index contributed by atoms with van der Waals surface area (Å²) >= 11 is 0. The number of amides is 1. The van der Waals surface area contributed by atoms with Crippen molar-refractivity contribution < 1.29 is 17.9 Å². The highest BCUT2D eigenvalue weighted by molar-refractivity contribution is 7.92. The van der Waals surface area contributed by atoms with Gasteiger partial charge in [0.05, 0.1) is 19.1 Å². The lowest BCUT2D eigenvalue weighted by molar-refractivity contribution is -0.133. The van der Waals surface area contributed by atoms with E-state index in [1.54, 1.807) is 43.2 Å². The van der Waals surface area contributed by atoms with Crippen molar-refractivity contribution in [1.82, 2.24) is 4.90 Å². The summed E-state index contributed by atoms with van der Waals surface area (Å²) in [5.74, 6) is 0.329. The van der Waals surface area contributed by atoms with Crippen LogP contribution in [0, 0.1) is 0 Å². The maximum absolute atomic E-state index is 13.6. The second kappa shape index (κ2) is 10.3. The number of rotatable bonds is 9. The quantitative estimate of drug-likeness (QED) is 0.491. The van der Waals surface area contributed by atoms with E-state index in [1.807, 2.05) is 60.7 Å². The zero-order valence-electron chi connectivity index (χ0n) is 18.5. The Morgan fingerprint density at radius 3 is 1.72 bits per heavy atom. The maximum atomic E-state index is 13.6. The van der Waals surface area contributed by atoms with Gasteiger partial charge in [-0.05, 0) is 42.3 Å². The first kappa shape index (κ1) is 23.3. The Morgan fingerprint density at radius 2 is 1.31 bits per heavy atom. The van der Waals surface area contributed by atoms with Crippen molar-refractivity contribution in [2.24, 2.45) is 0 Å². The third-order valence-electron chi connectivity index (χ3n) is 5.14. The Hall–Kier alpha value is -3.32. The van der Waals surface area contributed by atoms with Crippen LogP contribution in [0.3, 0.4) is 0 Å². The summed E-state index contributed by atoms with van der Waals surface area (Å²) in [6.45, 7) is 2.37. The standard InChI is InChI=1S/C25H28N2O4S/c1-20(27(32(3,29)30)23-14-16-24(31-2)17-15-23)25(28)26(18-21-10-6-4-7-11-21)19-22-12-8-5-9-13-22/h4-17,20H,18-19H2,1-3H3/t20-/m0/s1. The van der Waals surface area contributed by atoms with Gasteiger partial charge in [0.15, 0.2) is 0 Å². The van der Waals surface area contributed by atoms with E-state index in [0.29, 0.717) is 24.5 Å². The average Bonchev–Trinajstić information content (AvgIpc) is 2.79. The molecule has 0 saturated carbocycles. The molecule has 3 aromatic carbocycles. The van der Waals surface area contributed by atoms with E-state index in [-0.39, 0.29) is 5.91 Å². The van der Waals surface area contributed by atoms with Crippen LogP contribution >= 0.6 is 0 Å². The summed E-state index contributed by atoms with van der Waals surface area (Å²) in [5.41, 5.74) is 2.35. The number of nitrogens with zero attached hydrogens (tertiary/aromatic N) is 2. The molecule has 1 atom stereocenters. The van der Waals surface area contributed by atoms with Gasteiger partial charge in [0.25, 0.3) is 0 Å². The zero-order valence-corrected chi connectivity index (χ0v) is 19.3. The molecule has 0 aromatic heterocycles. The van der Waals surface area contributed by atoms with Crippen molar-refractivity contribution in [3.05, 3.63) is 96.1 Å². The molecule has 0 heterocycles. The van der Waals surface area contributed by atoms with E-state index in [9.17, 15) is 13.2 Å². The van der Waals surface area contributed by atoms with Crippen LogP contribution < -0.4 is 9.04 Å². The molecule has 0 bridgehead atoms. The molecule has 3 aromatic rings. The Bertz CT molecular complexity index is 1080. The predicted octanol–water partition coefficient (Wildman–Crippen LogP) is 4.08. The van der Waals surface area contributed by atoms with Crippen molar-refractivity contribution >= 4 is 21.6 Å². The van der Waals surface area contributed by atoms with Crippen LogP contribution in [0.15, 0.2) is 84.9 Å². The lowest BCUT2D eigenvalue weighted by Crippen LogP contribution is -2.49. The number of ether oxygens (including phenoxy) is 1. The number of hydrogen-bond donors (Lipinski definition) is 0. The fourth-order valence-corrected chi connectivity index (χ4v) is 4.78. The monoisotopic (exact) mass is 452 g/mol. The van der Waals surface area contributed by atoms with Gasteiger partial charge in [0.2, 0.25) is 15.9 Å². The van der Waals surface area contributed by atoms with Crippen LogP contribution in [0.1, 0.15) is 18.1 Å². The third kappa shape index (κ3) is 5.88. The average molecular weight is 453 g/mol. The fourth-order valence-electron chi connectivity index (χ4n) is 3.62. The Morgan fingerprint density at radius 1 is 0.844 bits per heavy atom. The molecule has 0 aliphatic carbocycles. The maximum Gasteiger partial charge on any atom is 0.246 e. The lowest BCUT2D eigenvalue weighted by Gasteiger charge is -2.33. The molecular weight excluding hydrogens is 424 g/mol. The summed E-state index contributed by atoms with van der Waals surface area (Å²) in [7, 11) is -2.17. The lowest BCUT2D eigenvalue weighted by atomic mass is 10.1. The van der Waals surface area contributed by atoms with Crippen molar-refractivity contribution in [2.45, 2.75) is 26.1 Å². The van der Waals surface area contributed by atoms with Crippen LogP contribution in [-0.2, 0) is 27.9 Å². The molecule has 0 spiro atoms. The van der Waals surface area contributed by atoms with Gasteiger partial charge >= 0.3 is 0 Å². The first-order valence-electron chi connectivity index (χ1n) is 10.3. The van der Waals surface area contributed by atoms with E-state index in [4.69, 9.17) is 4.74 Å². The van der Waals surface area contributed by atoms with E-state index < -0.39 is 16.1 Å². The minimum absolute atomic E-state index is 0.279. The van der Waals surface area contributed by atoms with Gasteiger partial charge in [0.1, 0.15) is 11.8 Å². The van der Waals surface area contributed by atoms with Crippen molar-refractivity contribution in [2.75, 3.05) is 17.7 Å². The molecular formula is C25H28N2O4S. The summed E-state index contributed by atoms with van der Waals surface area (Å²) in [5, 5.41) is 0. The van der Waals surface area contributed by atoms with E-state index >= 15 is 0 Å². The SMILES string of the molecule is COc1ccc(N([C@@H](C)C(=O)N(Cc2ccccc2)Cc2ccccc2)S(C)(=O)=O)cc1. The minimum Gasteiger partial charge on any atom is -0.497 e. The van der Waals surface area contributed by atoms with E-state index in [0.717, 1.165) is 21.7 Å². The molecule has 0 unspecified atom stereocenters. The first-order valence-corrected chi connectivity index (χ1v) is 12.1. The second-order valence-electron chi connectivity index (χ2n) is 7.60. The molecule has 168 valence electrons. The van der Waals surface area contributed by atoms with Crippen LogP contribution in [0.5, 0.6) is 5.75 Å². The highest BCUT2D eigenvalue weighted by Gasteiger charge is 2.32. The summed E-state index contributed by atoms with van der Waals surface area (Å²) in [6.07, 6.45) is 1.11. The largest absolute Gasteiger partial charge is 0.497 e. The molecule has 6 nitrogen and oxygen atoms in total. The van der Waals surface area contributed by atoms with Crippen molar-refractivity contribution in [1.29, 1.82) is 0 Å². The molecule has 0 fully saturated rings. The van der Waals surface area contributed by atoms with E-state index in [1.165, 1.54) is 0 Å². The number of sulfonamides is 1. The molecule has 7 heteroatoms. The van der Waals surface area contributed by atoms with Crippen molar-refractivity contribution in [3.8, 4) is 5.75 Å². The van der Waals surface area contributed by atoms with Gasteiger partial charge in [-0.2, -0.15) is 0 Å². The fraction of sp³-hybridized carbons (Fsp3) is 0.240. The molecule has 0 aliphatic rings. The summed E-state index contributed by atoms with van der Waals surface area (Å²) in [6, 6.07) is 25.0. The normalized spacial score (nSPS) is 12.1. The van der Waals surface area contributed by atoms with Crippen LogP contribution in [0.2, 0.25) is 0 Å². The Balaban J connectivity index is 1.93.